The van der Waals surface area contributed by atoms with Crippen molar-refractivity contribution in [1.29, 1.82) is 0 Å². The fourth-order valence-corrected chi connectivity index (χ4v) is 3.40. The van der Waals surface area contributed by atoms with E-state index in [0.29, 0.717) is 0 Å². The largest absolute Gasteiger partial charge is 0.496 e. The lowest BCUT2D eigenvalue weighted by molar-refractivity contribution is 0.405. The second-order valence-corrected chi connectivity index (χ2v) is 6.59. The number of methoxy groups -OCH3 is 1. The molecule has 0 aliphatic rings. The van der Waals surface area contributed by atoms with E-state index in [2.05, 4.69) is 35.0 Å². The highest BCUT2D eigenvalue weighted by molar-refractivity contribution is 9.10. The van der Waals surface area contributed by atoms with Crippen LogP contribution in [-0.2, 0) is 12.8 Å². The molecule has 0 aliphatic heterocycles. The Morgan fingerprint density at radius 3 is 2.63 bits per heavy atom. The van der Waals surface area contributed by atoms with Gasteiger partial charge in [0, 0.05) is 32.3 Å². The molecule has 2 aromatic rings. The average molecular weight is 340 g/mol. The molecule has 2 rings (SSSR count). The predicted molar refractivity (Wildman–Crippen MR) is 85.0 cm³/mol. The van der Waals surface area contributed by atoms with Crippen molar-refractivity contribution >= 4 is 27.3 Å². The zero-order chi connectivity index (χ0) is 13.8. The van der Waals surface area contributed by atoms with Gasteiger partial charge in [-0.15, -0.1) is 11.3 Å². The lowest BCUT2D eigenvalue weighted by atomic mass is 10.0. The molecule has 0 bridgehead atoms. The Labute approximate surface area is 126 Å². The zero-order valence-electron chi connectivity index (χ0n) is 11.2. The van der Waals surface area contributed by atoms with E-state index in [9.17, 15) is 0 Å². The minimum atomic E-state index is -0.0357. The molecule has 4 heteroatoms. The van der Waals surface area contributed by atoms with Crippen molar-refractivity contribution in [2.75, 3.05) is 7.11 Å². The minimum absolute atomic E-state index is 0.0357. The summed E-state index contributed by atoms with van der Waals surface area (Å²) in [6.45, 7) is 2.17. The van der Waals surface area contributed by atoms with Gasteiger partial charge in [-0.2, -0.15) is 0 Å². The summed E-state index contributed by atoms with van der Waals surface area (Å²) in [5, 5.41) is 0. The smallest absolute Gasteiger partial charge is 0.124 e. The van der Waals surface area contributed by atoms with Crippen molar-refractivity contribution in [3.63, 3.8) is 0 Å². The number of thiophene rings is 1. The number of ether oxygens (including phenoxy) is 1. The Hall–Kier alpha value is -0.840. The first-order chi connectivity index (χ1) is 9.13. The Morgan fingerprint density at radius 1 is 1.26 bits per heavy atom. The maximum atomic E-state index is 6.32. The molecule has 1 aromatic carbocycles. The van der Waals surface area contributed by atoms with Crippen LogP contribution in [0.3, 0.4) is 0 Å². The predicted octanol–water partition coefficient (Wildman–Crippen LogP) is 4.32. The summed E-state index contributed by atoms with van der Waals surface area (Å²) in [6.07, 6.45) is 1.93. The maximum Gasteiger partial charge on any atom is 0.124 e. The van der Waals surface area contributed by atoms with Crippen molar-refractivity contribution in [2.45, 2.75) is 25.8 Å². The van der Waals surface area contributed by atoms with E-state index >= 15 is 0 Å². The van der Waals surface area contributed by atoms with E-state index in [4.69, 9.17) is 10.5 Å². The van der Waals surface area contributed by atoms with Crippen LogP contribution < -0.4 is 10.5 Å². The molecule has 0 radical (unpaired) electrons. The van der Waals surface area contributed by atoms with Crippen molar-refractivity contribution in [1.82, 2.24) is 0 Å². The number of hydrogen-bond donors (Lipinski definition) is 1. The van der Waals surface area contributed by atoms with E-state index in [1.54, 1.807) is 7.11 Å². The number of hydrogen-bond acceptors (Lipinski definition) is 3. The maximum absolute atomic E-state index is 6.32. The fraction of sp³-hybridized carbons (Fsp3) is 0.333. The van der Waals surface area contributed by atoms with Crippen LogP contribution in [0.2, 0.25) is 0 Å². The molecule has 0 saturated heterocycles. The van der Waals surface area contributed by atoms with Crippen molar-refractivity contribution < 1.29 is 4.74 Å². The molecule has 1 heterocycles. The summed E-state index contributed by atoms with van der Waals surface area (Å²) in [5.41, 5.74) is 7.37. The quantitative estimate of drug-likeness (QED) is 0.880. The van der Waals surface area contributed by atoms with Gasteiger partial charge < -0.3 is 10.5 Å². The molecule has 19 heavy (non-hydrogen) atoms. The third kappa shape index (κ3) is 3.59. The minimum Gasteiger partial charge on any atom is -0.496 e. The Bertz CT molecular complexity index is 553. The van der Waals surface area contributed by atoms with Crippen LogP contribution in [0.15, 0.2) is 34.8 Å². The zero-order valence-corrected chi connectivity index (χ0v) is 13.6. The molecular weight excluding hydrogens is 322 g/mol. The van der Waals surface area contributed by atoms with E-state index in [1.165, 1.54) is 9.75 Å². The van der Waals surface area contributed by atoms with Crippen LogP contribution in [0.1, 0.15) is 28.3 Å². The van der Waals surface area contributed by atoms with Gasteiger partial charge in [0.15, 0.2) is 0 Å². The highest BCUT2D eigenvalue weighted by Gasteiger charge is 2.14. The molecule has 1 atom stereocenters. The third-order valence-electron chi connectivity index (χ3n) is 3.08. The Morgan fingerprint density at radius 2 is 2.00 bits per heavy atom. The van der Waals surface area contributed by atoms with Gasteiger partial charge in [0.05, 0.1) is 7.11 Å². The molecular formula is C15H18BrNOS. The molecule has 0 spiro atoms. The molecule has 102 valence electrons. The van der Waals surface area contributed by atoms with Crippen molar-refractivity contribution in [3.8, 4) is 5.75 Å². The molecule has 0 amide bonds. The summed E-state index contributed by atoms with van der Waals surface area (Å²) in [7, 11) is 1.68. The van der Waals surface area contributed by atoms with Crippen LogP contribution >= 0.6 is 27.3 Å². The van der Waals surface area contributed by atoms with Crippen LogP contribution in [0.5, 0.6) is 5.75 Å². The van der Waals surface area contributed by atoms with E-state index < -0.39 is 0 Å². The fourth-order valence-electron chi connectivity index (χ4n) is 2.04. The second kappa shape index (κ2) is 6.55. The van der Waals surface area contributed by atoms with Gasteiger partial charge in [-0.3, -0.25) is 0 Å². The number of rotatable bonds is 5. The van der Waals surface area contributed by atoms with E-state index in [1.807, 2.05) is 29.5 Å². The molecule has 0 fully saturated rings. The number of aryl methyl sites for hydroxylation is 1. The Balaban J connectivity index is 2.17. The van der Waals surface area contributed by atoms with Crippen molar-refractivity contribution in [2.24, 2.45) is 5.73 Å². The van der Waals surface area contributed by atoms with E-state index in [-0.39, 0.29) is 6.04 Å². The monoisotopic (exact) mass is 339 g/mol. The summed E-state index contributed by atoms with van der Waals surface area (Å²) < 4.78 is 6.41. The molecule has 1 aromatic heterocycles. The highest BCUT2D eigenvalue weighted by atomic mass is 79.9. The standard InChI is InChI=1S/C15H18BrNOS/c1-3-11-5-6-12(19-11)9-14(17)13-7-4-10(16)8-15(13)18-2/h4-8,14H,3,9,17H2,1-2H3. The summed E-state index contributed by atoms with van der Waals surface area (Å²) in [5.74, 6) is 0.842. The van der Waals surface area contributed by atoms with Crippen molar-refractivity contribution in [3.05, 3.63) is 50.1 Å². The van der Waals surface area contributed by atoms with Gasteiger partial charge in [0.1, 0.15) is 5.75 Å². The van der Waals surface area contributed by atoms with Gasteiger partial charge >= 0.3 is 0 Å². The number of nitrogens with two attached hydrogens (primary N) is 1. The van der Waals surface area contributed by atoms with Crippen LogP contribution in [-0.4, -0.2) is 7.11 Å². The summed E-state index contributed by atoms with van der Waals surface area (Å²) in [4.78, 5) is 2.74. The topological polar surface area (TPSA) is 35.2 Å². The van der Waals surface area contributed by atoms with Crippen LogP contribution in [0, 0.1) is 0 Å². The molecule has 2 N–H and O–H groups in total. The first-order valence-corrected chi connectivity index (χ1v) is 7.91. The number of halogens is 1. The summed E-state index contributed by atoms with van der Waals surface area (Å²) >= 11 is 5.29. The van der Waals surface area contributed by atoms with Gasteiger partial charge in [-0.05, 0) is 30.7 Å². The lowest BCUT2D eigenvalue weighted by Crippen LogP contribution is -2.13. The average Bonchev–Trinajstić information content (AvgIpc) is 2.86. The normalized spacial score (nSPS) is 12.4. The number of benzene rings is 1. The highest BCUT2D eigenvalue weighted by Crippen LogP contribution is 2.30. The molecule has 0 aliphatic carbocycles. The lowest BCUT2D eigenvalue weighted by Gasteiger charge is -2.15. The van der Waals surface area contributed by atoms with Gasteiger partial charge in [0.2, 0.25) is 0 Å². The summed E-state index contributed by atoms with van der Waals surface area (Å²) in [6, 6.07) is 10.3. The Kier molecular flexibility index (Phi) is 5.02. The van der Waals surface area contributed by atoms with Gasteiger partial charge in [0.25, 0.3) is 0 Å². The van der Waals surface area contributed by atoms with Crippen LogP contribution in [0.25, 0.3) is 0 Å². The van der Waals surface area contributed by atoms with Crippen LogP contribution in [0.4, 0.5) is 0 Å². The van der Waals surface area contributed by atoms with Gasteiger partial charge in [-0.1, -0.05) is 28.9 Å². The SMILES string of the molecule is CCc1ccc(CC(N)c2ccc(Br)cc2OC)s1. The molecule has 2 nitrogen and oxygen atoms in total. The second-order valence-electron chi connectivity index (χ2n) is 4.42. The van der Waals surface area contributed by atoms with Gasteiger partial charge in [-0.25, -0.2) is 0 Å². The first kappa shape index (κ1) is 14.6. The third-order valence-corrected chi connectivity index (χ3v) is 4.83. The molecule has 1 unspecified atom stereocenters. The first-order valence-electron chi connectivity index (χ1n) is 6.30. The molecule has 0 saturated carbocycles. The van der Waals surface area contributed by atoms with E-state index in [0.717, 1.165) is 28.6 Å².